The lowest BCUT2D eigenvalue weighted by molar-refractivity contribution is -0.136. The van der Waals surface area contributed by atoms with Crippen molar-refractivity contribution in [2.45, 2.75) is 32.1 Å². The highest BCUT2D eigenvalue weighted by molar-refractivity contribution is 5.74. The lowest BCUT2D eigenvalue weighted by atomic mass is 9.83. The molecule has 0 bridgehead atoms. The molecule has 4 rings (SSSR count). The molecule has 0 amide bonds. The fourth-order valence-electron chi connectivity index (χ4n) is 4.00. The van der Waals surface area contributed by atoms with Crippen LogP contribution in [-0.4, -0.2) is 19.2 Å². The lowest BCUT2D eigenvalue weighted by Gasteiger charge is -2.27. The van der Waals surface area contributed by atoms with E-state index in [1.807, 2.05) is 24.3 Å². The number of halogens is 1. The van der Waals surface area contributed by atoms with Gasteiger partial charge < -0.3 is 24.7 Å². The highest BCUT2D eigenvalue weighted by Gasteiger charge is 2.31. The van der Waals surface area contributed by atoms with E-state index in [9.17, 15) is 14.4 Å². The van der Waals surface area contributed by atoms with Crippen LogP contribution in [0.4, 0.5) is 4.39 Å². The largest absolute Gasteiger partial charge is 0.494 e. The SMILES string of the molecule is CCCCCOc1cccc(C2C(C#N)=C(N)Oc3cc(OC(=O)COc4ccc(F)cc4)ccc32)c1. The minimum atomic E-state index is -0.647. The van der Waals surface area contributed by atoms with Gasteiger partial charge in [0.1, 0.15) is 40.5 Å². The van der Waals surface area contributed by atoms with Gasteiger partial charge >= 0.3 is 5.97 Å². The van der Waals surface area contributed by atoms with E-state index in [0.29, 0.717) is 29.4 Å². The van der Waals surface area contributed by atoms with Crippen LogP contribution in [0.25, 0.3) is 0 Å². The Morgan fingerprint density at radius 1 is 1.03 bits per heavy atom. The Morgan fingerprint density at radius 3 is 2.57 bits per heavy atom. The van der Waals surface area contributed by atoms with Gasteiger partial charge in [0.15, 0.2) is 6.61 Å². The van der Waals surface area contributed by atoms with E-state index in [-0.39, 0.29) is 23.8 Å². The lowest BCUT2D eigenvalue weighted by Crippen LogP contribution is -2.21. The summed E-state index contributed by atoms with van der Waals surface area (Å²) >= 11 is 0. The van der Waals surface area contributed by atoms with Crippen molar-refractivity contribution in [3.8, 4) is 29.1 Å². The minimum absolute atomic E-state index is 0.0163. The van der Waals surface area contributed by atoms with Crippen molar-refractivity contribution in [2.75, 3.05) is 13.2 Å². The second kappa shape index (κ2) is 12.0. The van der Waals surface area contributed by atoms with Gasteiger partial charge in [-0.25, -0.2) is 9.18 Å². The van der Waals surface area contributed by atoms with Gasteiger partial charge in [-0.1, -0.05) is 38.0 Å². The van der Waals surface area contributed by atoms with Crippen LogP contribution in [-0.2, 0) is 4.79 Å². The first-order valence-electron chi connectivity index (χ1n) is 12.0. The van der Waals surface area contributed by atoms with Gasteiger partial charge in [0.25, 0.3) is 0 Å². The number of esters is 1. The van der Waals surface area contributed by atoms with Crippen LogP contribution >= 0.6 is 0 Å². The first-order chi connectivity index (χ1) is 18.0. The first kappa shape index (κ1) is 25.6. The monoisotopic (exact) mass is 502 g/mol. The summed E-state index contributed by atoms with van der Waals surface area (Å²) in [6.45, 7) is 2.39. The third-order valence-corrected chi connectivity index (χ3v) is 5.80. The number of hydrogen-bond acceptors (Lipinski definition) is 7. The molecule has 0 radical (unpaired) electrons. The van der Waals surface area contributed by atoms with Crippen molar-refractivity contribution in [1.29, 1.82) is 5.26 Å². The molecule has 3 aromatic rings. The molecule has 0 fully saturated rings. The number of ether oxygens (including phenoxy) is 4. The van der Waals surface area contributed by atoms with Crippen LogP contribution in [0.3, 0.4) is 0 Å². The van der Waals surface area contributed by atoms with Crippen molar-refractivity contribution in [1.82, 2.24) is 0 Å². The molecular weight excluding hydrogens is 475 g/mol. The van der Waals surface area contributed by atoms with Crippen molar-refractivity contribution in [3.63, 3.8) is 0 Å². The number of hydrogen-bond donors (Lipinski definition) is 1. The molecule has 0 aliphatic carbocycles. The van der Waals surface area contributed by atoms with Crippen LogP contribution < -0.4 is 24.7 Å². The molecule has 1 unspecified atom stereocenters. The van der Waals surface area contributed by atoms with E-state index >= 15 is 0 Å². The third kappa shape index (κ3) is 6.39. The van der Waals surface area contributed by atoms with E-state index in [1.54, 1.807) is 18.2 Å². The van der Waals surface area contributed by atoms with Crippen molar-refractivity contribution in [2.24, 2.45) is 5.73 Å². The maximum absolute atomic E-state index is 13.0. The second-order valence-corrected chi connectivity index (χ2v) is 8.47. The van der Waals surface area contributed by atoms with Crippen LogP contribution in [0.5, 0.6) is 23.0 Å². The number of fused-ring (bicyclic) bond motifs is 1. The maximum Gasteiger partial charge on any atom is 0.349 e. The molecule has 0 saturated heterocycles. The molecule has 190 valence electrons. The van der Waals surface area contributed by atoms with E-state index in [4.69, 9.17) is 24.7 Å². The first-order valence-corrected chi connectivity index (χ1v) is 12.0. The summed E-state index contributed by atoms with van der Waals surface area (Å²) in [6, 6.07) is 19.9. The summed E-state index contributed by atoms with van der Waals surface area (Å²) in [5.41, 5.74) is 7.93. The summed E-state index contributed by atoms with van der Waals surface area (Å²) in [5, 5.41) is 9.83. The zero-order chi connectivity index (χ0) is 26.2. The Balaban J connectivity index is 1.51. The Kier molecular flexibility index (Phi) is 8.26. The van der Waals surface area contributed by atoms with E-state index in [0.717, 1.165) is 24.8 Å². The fraction of sp³-hybridized carbons (Fsp3) is 0.241. The number of rotatable bonds is 10. The molecule has 8 heteroatoms. The zero-order valence-electron chi connectivity index (χ0n) is 20.4. The smallest absolute Gasteiger partial charge is 0.349 e. The highest BCUT2D eigenvalue weighted by Crippen LogP contribution is 2.44. The van der Waals surface area contributed by atoms with Crippen molar-refractivity contribution >= 4 is 5.97 Å². The molecule has 1 aliphatic heterocycles. The molecule has 1 aliphatic rings. The van der Waals surface area contributed by atoms with E-state index in [2.05, 4.69) is 13.0 Å². The number of carbonyl (C=O) groups is 1. The molecule has 0 spiro atoms. The Morgan fingerprint density at radius 2 is 1.81 bits per heavy atom. The summed E-state index contributed by atoms with van der Waals surface area (Å²) in [6.07, 6.45) is 3.17. The molecule has 0 saturated carbocycles. The normalized spacial score (nSPS) is 14.2. The Hall–Kier alpha value is -4.51. The van der Waals surface area contributed by atoms with Crippen LogP contribution in [0.2, 0.25) is 0 Å². The predicted octanol–water partition coefficient (Wildman–Crippen LogP) is 5.60. The fourth-order valence-corrected chi connectivity index (χ4v) is 4.00. The minimum Gasteiger partial charge on any atom is -0.494 e. The van der Waals surface area contributed by atoms with Gasteiger partial charge in [-0.3, -0.25) is 0 Å². The number of carbonyl (C=O) groups excluding carboxylic acids is 1. The highest BCUT2D eigenvalue weighted by atomic mass is 19.1. The van der Waals surface area contributed by atoms with E-state index in [1.165, 1.54) is 24.3 Å². The van der Waals surface area contributed by atoms with Crippen LogP contribution in [0, 0.1) is 17.1 Å². The van der Waals surface area contributed by atoms with Gasteiger partial charge in [-0.2, -0.15) is 5.26 Å². The molecule has 37 heavy (non-hydrogen) atoms. The molecular formula is C29H27FN2O5. The van der Waals surface area contributed by atoms with E-state index < -0.39 is 17.7 Å². The van der Waals surface area contributed by atoms with Gasteiger partial charge in [0.2, 0.25) is 5.88 Å². The number of unbranched alkanes of at least 4 members (excludes halogenated alkanes) is 2. The summed E-state index contributed by atoms with van der Waals surface area (Å²) in [7, 11) is 0. The standard InChI is InChI=1S/C29H27FN2O5/c1-2-3-4-14-34-22-7-5-6-19(15-22)28-24-13-12-23(16-26(24)37-29(32)25(28)17-31)36-27(33)18-35-21-10-8-20(30)9-11-21/h5-13,15-16,28H,2-4,14,18,32H2,1H3. The topological polar surface area (TPSA) is 104 Å². The molecule has 7 nitrogen and oxygen atoms in total. The zero-order valence-corrected chi connectivity index (χ0v) is 20.4. The predicted molar refractivity (Wildman–Crippen MR) is 135 cm³/mol. The molecule has 1 heterocycles. The summed E-state index contributed by atoms with van der Waals surface area (Å²) < 4.78 is 35.3. The second-order valence-electron chi connectivity index (χ2n) is 8.47. The van der Waals surface area contributed by atoms with Crippen LogP contribution in [0.15, 0.2) is 78.2 Å². The number of nitriles is 1. The van der Waals surface area contributed by atoms with Crippen LogP contribution in [0.1, 0.15) is 43.2 Å². The quantitative estimate of drug-likeness (QED) is 0.219. The van der Waals surface area contributed by atoms with Gasteiger partial charge in [-0.05, 0) is 54.4 Å². The van der Waals surface area contributed by atoms with Gasteiger partial charge in [-0.15, -0.1) is 0 Å². The van der Waals surface area contributed by atoms with Gasteiger partial charge in [0.05, 0.1) is 12.5 Å². The Labute approximate surface area is 214 Å². The average Bonchev–Trinajstić information content (AvgIpc) is 2.90. The molecule has 2 N–H and O–H groups in total. The Bertz CT molecular complexity index is 1330. The van der Waals surface area contributed by atoms with Crippen molar-refractivity contribution < 1.29 is 28.1 Å². The molecule has 0 aromatic heterocycles. The average molecular weight is 503 g/mol. The number of allylic oxidation sites excluding steroid dienone is 1. The van der Waals surface area contributed by atoms with Crippen molar-refractivity contribution in [3.05, 3.63) is 95.1 Å². The molecule has 3 aromatic carbocycles. The number of nitrogens with zero attached hydrogens (tertiary/aromatic N) is 1. The maximum atomic E-state index is 13.0. The molecule has 1 atom stereocenters. The summed E-state index contributed by atoms with van der Waals surface area (Å²) in [4.78, 5) is 12.3. The summed E-state index contributed by atoms with van der Waals surface area (Å²) in [5.74, 6) is 0.119. The van der Waals surface area contributed by atoms with Gasteiger partial charge in [0, 0.05) is 11.6 Å². The third-order valence-electron chi connectivity index (χ3n) is 5.80. The number of benzene rings is 3. The number of nitrogens with two attached hydrogens (primary N) is 1.